The van der Waals surface area contributed by atoms with Crippen molar-refractivity contribution in [2.75, 3.05) is 5.75 Å². The van der Waals surface area contributed by atoms with Gasteiger partial charge in [0.05, 0.1) is 10.6 Å². The molecule has 0 bridgehead atoms. The molecule has 0 aliphatic heterocycles. The summed E-state index contributed by atoms with van der Waals surface area (Å²) >= 11 is 3.45. The Labute approximate surface area is 106 Å². The predicted molar refractivity (Wildman–Crippen MR) is 70.9 cm³/mol. The summed E-state index contributed by atoms with van der Waals surface area (Å²) in [5, 5.41) is 0. The van der Waals surface area contributed by atoms with Gasteiger partial charge in [0, 0.05) is 4.32 Å². The van der Waals surface area contributed by atoms with Crippen LogP contribution in [0.3, 0.4) is 0 Å². The molecule has 90 valence electrons. The number of halogens is 1. The Morgan fingerprint density at radius 3 is 2.12 bits per heavy atom. The number of alkyl halides is 1. The lowest BCUT2D eigenvalue weighted by Gasteiger charge is -2.15. The maximum Gasteiger partial charge on any atom is 0.178 e. The molecular weight excluding hydrogens is 288 g/mol. The van der Waals surface area contributed by atoms with E-state index < -0.39 is 9.84 Å². The van der Waals surface area contributed by atoms with Crippen molar-refractivity contribution >= 4 is 25.8 Å². The second-order valence-corrected chi connectivity index (χ2v) is 8.86. The van der Waals surface area contributed by atoms with Crippen molar-refractivity contribution in [2.45, 2.75) is 36.4 Å². The van der Waals surface area contributed by atoms with Gasteiger partial charge in [0.25, 0.3) is 0 Å². The summed E-state index contributed by atoms with van der Waals surface area (Å²) in [6, 6.07) is 7.00. The van der Waals surface area contributed by atoms with Crippen LogP contribution in [0.25, 0.3) is 0 Å². The minimum Gasteiger partial charge on any atom is -0.224 e. The molecule has 0 N–H and O–H groups in total. The van der Waals surface area contributed by atoms with E-state index in [1.165, 1.54) is 0 Å². The van der Waals surface area contributed by atoms with Gasteiger partial charge in [-0.2, -0.15) is 0 Å². The van der Waals surface area contributed by atoms with E-state index in [9.17, 15) is 8.42 Å². The molecule has 0 unspecified atom stereocenters. The van der Waals surface area contributed by atoms with Gasteiger partial charge in [-0.05, 0) is 25.5 Å². The van der Waals surface area contributed by atoms with Gasteiger partial charge < -0.3 is 0 Å². The molecule has 1 aromatic carbocycles. The van der Waals surface area contributed by atoms with Gasteiger partial charge in [-0.15, -0.1) is 0 Å². The molecule has 0 heterocycles. The normalized spacial score (nSPS) is 12.8. The van der Waals surface area contributed by atoms with Crippen molar-refractivity contribution < 1.29 is 8.42 Å². The summed E-state index contributed by atoms with van der Waals surface area (Å²) in [7, 11) is -3.14. The van der Waals surface area contributed by atoms with Gasteiger partial charge in [-0.25, -0.2) is 8.42 Å². The highest BCUT2D eigenvalue weighted by atomic mass is 79.9. The van der Waals surface area contributed by atoms with Crippen LogP contribution in [0.15, 0.2) is 29.2 Å². The lowest BCUT2D eigenvalue weighted by molar-refractivity contribution is 0.586. The van der Waals surface area contributed by atoms with E-state index in [-0.39, 0.29) is 10.1 Å². The highest BCUT2D eigenvalue weighted by Gasteiger charge is 2.20. The molecule has 0 amide bonds. The van der Waals surface area contributed by atoms with Crippen molar-refractivity contribution in [2.24, 2.45) is 0 Å². The van der Waals surface area contributed by atoms with E-state index in [2.05, 4.69) is 15.9 Å². The molecule has 0 aliphatic rings. The average molecular weight is 305 g/mol. The maximum absolute atomic E-state index is 12.0. The first kappa shape index (κ1) is 13.7. The lowest BCUT2D eigenvalue weighted by Crippen LogP contribution is -2.17. The van der Waals surface area contributed by atoms with Crippen molar-refractivity contribution in [3.63, 3.8) is 0 Å². The van der Waals surface area contributed by atoms with E-state index in [4.69, 9.17) is 0 Å². The van der Waals surface area contributed by atoms with E-state index >= 15 is 0 Å². The van der Waals surface area contributed by atoms with Crippen LogP contribution in [0.2, 0.25) is 0 Å². The van der Waals surface area contributed by atoms with Crippen molar-refractivity contribution in [1.29, 1.82) is 0 Å². The van der Waals surface area contributed by atoms with Crippen LogP contribution in [-0.2, 0) is 9.84 Å². The quantitative estimate of drug-likeness (QED) is 0.800. The summed E-state index contributed by atoms with van der Waals surface area (Å²) in [6.45, 7) is 5.88. The van der Waals surface area contributed by atoms with E-state index in [1.807, 2.05) is 32.9 Å². The second-order valence-electron chi connectivity index (χ2n) is 4.60. The standard InChI is InChI=1S/C12H17BrO2S/c1-10-4-6-11(7-5-10)16(14,15)9-8-12(2,3)13/h4-7H,8-9H2,1-3H3. The van der Waals surface area contributed by atoms with E-state index in [0.717, 1.165) is 5.56 Å². The fourth-order valence-electron chi connectivity index (χ4n) is 1.24. The molecule has 0 saturated carbocycles. The Bertz CT molecular complexity index is 441. The van der Waals surface area contributed by atoms with Gasteiger partial charge in [-0.1, -0.05) is 47.5 Å². The Balaban J connectivity index is 2.83. The number of hydrogen-bond acceptors (Lipinski definition) is 2. The number of sulfone groups is 1. The molecule has 0 fully saturated rings. The SMILES string of the molecule is Cc1ccc(S(=O)(=O)CCC(C)(C)Br)cc1. The highest BCUT2D eigenvalue weighted by Crippen LogP contribution is 2.23. The molecule has 0 aromatic heterocycles. The molecule has 2 nitrogen and oxygen atoms in total. The Kier molecular flexibility index (Phi) is 4.18. The van der Waals surface area contributed by atoms with Gasteiger partial charge in [0.1, 0.15) is 0 Å². The third-order valence-corrected chi connectivity index (χ3v) is 4.47. The first-order valence-electron chi connectivity index (χ1n) is 5.19. The summed E-state index contributed by atoms with van der Waals surface area (Å²) in [4.78, 5) is 0.412. The van der Waals surface area contributed by atoms with Crippen molar-refractivity contribution in [3.8, 4) is 0 Å². The molecule has 0 aliphatic carbocycles. The van der Waals surface area contributed by atoms with Gasteiger partial charge in [-0.3, -0.25) is 0 Å². The van der Waals surface area contributed by atoms with Crippen LogP contribution in [0.4, 0.5) is 0 Å². The third kappa shape index (κ3) is 4.26. The van der Waals surface area contributed by atoms with Gasteiger partial charge in [0.2, 0.25) is 0 Å². The van der Waals surface area contributed by atoms with Crippen molar-refractivity contribution in [3.05, 3.63) is 29.8 Å². The highest BCUT2D eigenvalue weighted by molar-refractivity contribution is 9.10. The molecule has 0 saturated heterocycles. The largest absolute Gasteiger partial charge is 0.224 e. The smallest absolute Gasteiger partial charge is 0.178 e. The zero-order valence-corrected chi connectivity index (χ0v) is 12.2. The molecule has 1 rings (SSSR count). The number of benzene rings is 1. The third-order valence-electron chi connectivity index (χ3n) is 2.35. The fourth-order valence-corrected chi connectivity index (χ4v) is 3.27. The number of aryl methyl sites for hydroxylation is 1. The van der Waals surface area contributed by atoms with Gasteiger partial charge >= 0.3 is 0 Å². The monoisotopic (exact) mass is 304 g/mol. The number of rotatable bonds is 4. The summed E-state index contributed by atoms with van der Waals surface area (Å²) < 4.78 is 23.8. The predicted octanol–water partition coefficient (Wildman–Crippen LogP) is 3.33. The Morgan fingerprint density at radius 2 is 1.69 bits per heavy atom. The molecule has 16 heavy (non-hydrogen) atoms. The Hall–Kier alpha value is -0.350. The van der Waals surface area contributed by atoms with Crippen LogP contribution < -0.4 is 0 Å². The zero-order chi connectivity index (χ0) is 12.4. The molecule has 1 aromatic rings. The average Bonchev–Trinajstić information content (AvgIpc) is 2.15. The first-order chi connectivity index (χ1) is 7.21. The number of hydrogen-bond donors (Lipinski definition) is 0. The van der Waals surface area contributed by atoms with Crippen LogP contribution in [0.1, 0.15) is 25.8 Å². The topological polar surface area (TPSA) is 34.1 Å². The van der Waals surface area contributed by atoms with Crippen LogP contribution >= 0.6 is 15.9 Å². The molecule has 0 radical (unpaired) electrons. The first-order valence-corrected chi connectivity index (χ1v) is 7.64. The zero-order valence-electron chi connectivity index (χ0n) is 9.83. The minimum atomic E-state index is -3.14. The second kappa shape index (κ2) is 4.88. The minimum absolute atomic E-state index is 0.134. The summed E-state index contributed by atoms with van der Waals surface area (Å²) in [5.41, 5.74) is 1.07. The fraction of sp³-hybridized carbons (Fsp3) is 0.500. The Morgan fingerprint density at radius 1 is 1.19 bits per heavy atom. The van der Waals surface area contributed by atoms with Crippen LogP contribution in [-0.4, -0.2) is 18.5 Å². The lowest BCUT2D eigenvalue weighted by atomic mass is 10.2. The van der Waals surface area contributed by atoms with Crippen molar-refractivity contribution in [1.82, 2.24) is 0 Å². The van der Waals surface area contributed by atoms with Crippen LogP contribution in [0.5, 0.6) is 0 Å². The van der Waals surface area contributed by atoms with Crippen LogP contribution in [0, 0.1) is 6.92 Å². The van der Waals surface area contributed by atoms with E-state index in [0.29, 0.717) is 11.3 Å². The summed E-state index contributed by atoms with van der Waals surface area (Å²) in [6.07, 6.45) is 0.600. The molecule has 4 heteroatoms. The van der Waals surface area contributed by atoms with Gasteiger partial charge in [0.15, 0.2) is 9.84 Å². The molecular formula is C12H17BrO2S. The molecule has 0 spiro atoms. The molecule has 0 atom stereocenters. The summed E-state index contributed by atoms with van der Waals surface area (Å²) in [5.74, 6) is 0.175. The van der Waals surface area contributed by atoms with E-state index in [1.54, 1.807) is 12.1 Å². The maximum atomic E-state index is 12.0.